The molecule has 1 N–H and O–H groups in total. The van der Waals surface area contributed by atoms with Crippen molar-refractivity contribution < 1.29 is 4.74 Å². The summed E-state index contributed by atoms with van der Waals surface area (Å²) in [5, 5.41) is 0. The zero-order chi connectivity index (χ0) is 11.7. The second-order valence-corrected chi connectivity index (χ2v) is 3.81. The second-order valence-electron chi connectivity index (χ2n) is 3.81. The molecule has 17 heavy (non-hydrogen) atoms. The molecule has 0 spiro atoms. The van der Waals surface area contributed by atoms with Crippen LogP contribution in [0.1, 0.15) is 0 Å². The number of ether oxygens (including phenoxy) is 1. The number of hydrogen-bond donors (Lipinski definition) is 1. The number of nitrogens with zero attached hydrogens (tertiary/aromatic N) is 1. The van der Waals surface area contributed by atoms with Gasteiger partial charge < -0.3 is 9.72 Å². The van der Waals surface area contributed by atoms with E-state index in [2.05, 4.69) is 9.97 Å². The van der Waals surface area contributed by atoms with Gasteiger partial charge in [-0.3, -0.25) is 0 Å². The summed E-state index contributed by atoms with van der Waals surface area (Å²) >= 11 is 0. The molecule has 3 nitrogen and oxygen atoms in total. The second kappa shape index (κ2) is 3.94. The Bertz CT molecular complexity index is 644. The Kier molecular flexibility index (Phi) is 2.29. The first-order chi connectivity index (χ1) is 8.38. The smallest absolute Gasteiger partial charge is 0.146 e. The monoisotopic (exact) mass is 224 g/mol. The Morgan fingerprint density at radius 2 is 1.82 bits per heavy atom. The van der Waals surface area contributed by atoms with Crippen molar-refractivity contribution in [1.29, 1.82) is 0 Å². The van der Waals surface area contributed by atoms with Crippen LogP contribution in [0.4, 0.5) is 0 Å². The van der Waals surface area contributed by atoms with Gasteiger partial charge in [-0.1, -0.05) is 36.4 Å². The lowest BCUT2D eigenvalue weighted by Gasteiger charge is -1.97. The SMILES string of the molecule is COc1cccc2[nH]c(-c3ccccc3)nc12. The minimum absolute atomic E-state index is 0.793. The number of para-hydroxylation sites is 1. The van der Waals surface area contributed by atoms with Gasteiger partial charge >= 0.3 is 0 Å². The van der Waals surface area contributed by atoms with Gasteiger partial charge in [-0.05, 0) is 12.1 Å². The first-order valence-electron chi connectivity index (χ1n) is 5.46. The predicted molar refractivity (Wildman–Crippen MR) is 68.1 cm³/mol. The van der Waals surface area contributed by atoms with Crippen LogP contribution < -0.4 is 4.74 Å². The molecule has 0 saturated carbocycles. The summed E-state index contributed by atoms with van der Waals surface area (Å²) in [4.78, 5) is 7.87. The summed E-state index contributed by atoms with van der Waals surface area (Å²) in [6.07, 6.45) is 0. The van der Waals surface area contributed by atoms with E-state index >= 15 is 0 Å². The maximum absolute atomic E-state index is 5.29. The predicted octanol–water partition coefficient (Wildman–Crippen LogP) is 3.24. The molecular weight excluding hydrogens is 212 g/mol. The molecule has 0 amide bonds. The fraction of sp³-hybridized carbons (Fsp3) is 0.0714. The molecule has 0 saturated heterocycles. The highest BCUT2D eigenvalue weighted by molar-refractivity contribution is 5.84. The molecule has 0 aliphatic rings. The molecule has 0 aliphatic heterocycles. The van der Waals surface area contributed by atoms with E-state index in [9.17, 15) is 0 Å². The Morgan fingerprint density at radius 3 is 2.59 bits per heavy atom. The Labute approximate surface area is 99.1 Å². The number of methoxy groups -OCH3 is 1. The highest BCUT2D eigenvalue weighted by Gasteiger charge is 2.08. The molecule has 84 valence electrons. The van der Waals surface area contributed by atoms with Gasteiger partial charge in [-0.15, -0.1) is 0 Å². The van der Waals surface area contributed by atoms with Crippen LogP contribution in [0.15, 0.2) is 48.5 Å². The maximum Gasteiger partial charge on any atom is 0.146 e. The number of rotatable bonds is 2. The van der Waals surface area contributed by atoms with Gasteiger partial charge in [-0.2, -0.15) is 0 Å². The Balaban J connectivity index is 2.20. The van der Waals surface area contributed by atoms with Crippen molar-refractivity contribution in [3.05, 3.63) is 48.5 Å². The van der Waals surface area contributed by atoms with Gasteiger partial charge in [0.05, 0.1) is 12.6 Å². The van der Waals surface area contributed by atoms with Crippen molar-refractivity contribution >= 4 is 11.0 Å². The van der Waals surface area contributed by atoms with Crippen LogP contribution in [-0.4, -0.2) is 17.1 Å². The largest absolute Gasteiger partial charge is 0.494 e. The van der Waals surface area contributed by atoms with Gasteiger partial charge in [0.15, 0.2) is 0 Å². The molecule has 0 fully saturated rings. The average molecular weight is 224 g/mol. The molecule has 0 unspecified atom stereocenters. The normalized spacial score (nSPS) is 10.6. The van der Waals surface area contributed by atoms with E-state index in [-0.39, 0.29) is 0 Å². The minimum atomic E-state index is 0.793. The van der Waals surface area contributed by atoms with Crippen LogP contribution >= 0.6 is 0 Å². The number of imidazole rings is 1. The van der Waals surface area contributed by atoms with E-state index < -0.39 is 0 Å². The zero-order valence-corrected chi connectivity index (χ0v) is 9.47. The fourth-order valence-electron chi connectivity index (χ4n) is 1.90. The summed E-state index contributed by atoms with van der Waals surface area (Å²) in [5.41, 5.74) is 2.93. The van der Waals surface area contributed by atoms with Gasteiger partial charge in [0.1, 0.15) is 17.1 Å². The first-order valence-corrected chi connectivity index (χ1v) is 5.46. The lowest BCUT2D eigenvalue weighted by molar-refractivity contribution is 0.419. The number of nitrogens with one attached hydrogen (secondary N) is 1. The van der Waals surface area contributed by atoms with Crippen molar-refractivity contribution in [1.82, 2.24) is 9.97 Å². The average Bonchev–Trinajstić information content (AvgIpc) is 2.83. The molecule has 3 heteroatoms. The van der Waals surface area contributed by atoms with Gasteiger partial charge in [0.25, 0.3) is 0 Å². The van der Waals surface area contributed by atoms with Gasteiger partial charge in [0.2, 0.25) is 0 Å². The quantitative estimate of drug-likeness (QED) is 0.725. The Hall–Kier alpha value is -2.29. The molecule has 1 aromatic heterocycles. The van der Waals surface area contributed by atoms with E-state index in [0.717, 1.165) is 28.2 Å². The fourth-order valence-corrected chi connectivity index (χ4v) is 1.90. The summed E-state index contributed by atoms with van der Waals surface area (Å²) in [6, 6.07) is 15.9. The molecule has 3 aromatic rings. The van der Waals surface area contributed by atoms with Gasteiger partial charge in [0, 0.05) is 5.56 Å². The maximum atomic E-state index is 5.29. The summed E-state index contributed by atoms with van der Waals surface area (Å²) in [6.45, 7) is 0. The van der Waals surface area contributed by atoms with Crippen molar-refractivity contribution in [2.45, 2.75) is 0 Å². The van der Waals surface area contributed by atoms with Crippen LogP contribution in [0, 0.1) is 0 Å². The number of aromatic nitrogens is 2. The van der Waals surface area contributed by atoms with E-state index in [1.165, 1.54) is 0 Å². The van der Waals surface area contributed by atoms with Crippen LogP contribution in [-0.2, 0) is 0 Å². The van der Waals surface area contributed by atoms with Crippen molar-refractivity contribution in [3.8, 4) is 17.1 Å². The summed E-state index contributed by atoms with van der Waals surface area (Å²) in [7, 11) is 1.66. The van der Waals surface area contributed by atoms with E-state index in [4.69, 9.17) is 4.74 Å². The molecule has 1 heterocycles. The standard InChI is InChI=1S/C14H12N2O/c1-17-12-9-5-8-11-13(12)16-14(15-11)10-6-3-2-4-7-10/h2-9H,1H3,(H,15,16). The third-order valence-electron chi connectivity index (χ3n) is 2.74. The molecule has 2 aromatic carbocycles. The summed E-state index contributed by atoms with van der Waals surface area (Å²) < 4.78 is 5.29. The zero-order valence-electron chi connectivity index (χ0n) is 9.47. The topological polar surface area (TPSA) is 37.9 Å². The van der Waals surface area contributed by atoms with Crippen LogP contribution in [0.25, 0.3) is 22.4 Å². The number of benzene rings is 2. The van der Waals surface area contributed by atoms with Crippen LogP contribution in [0.2, 0.25) is 0 Å². The van der Waals surface area contributed by atoms with Crippen molar-refractivity contribution in [3.63, 3.8) is 0 Å². The van der Waals surface area contributed by atoms with E-state index in [1.807, 2.05) is 48.5 Å². The molecule has 3 rings (SSSR count). The number of H-pyrrole nitrogens is 1. The van der Waals surface area contributed by atoms with Crippen molar-refractivity contribution in [2.24, 2.45) is 0 Å². The lowest BCUT2D eigenvalue weighted by atomic mass is 10.2. The third kappa shape index (κ3) is 1.65. The van der Waals surface area contributed by atoms with E-state index in [0.29, 0.717) is 0 Å². The van der Waals surface area contributed by atoms with Crippen LogP contribution in [0.3, 0.4) is 0 Å². The minimum Gasteiger partial charge on any atom is -0.494 e. The number of aromatic amines is 1. The molecule has 0 radical (unpaired) electrons. The molecule has 0 bridgehead atoms. The lowest BCUT2D eigenvalue weighted by Crippen LogP contribution is -1.83. The van der Waals surface area contributed by atoms with E-state index in [1.54, 1.807) is 7.11 Å². The Morgan fingerprint density at radius 1 is 1.00 bits per heavy atom. The number of hydrogen-bond acceptors (Lipinski definition) is 2. The molecule has 0 aliphatic carbocycles. The first kappa shape index (κ1) is 9.90. The van der Waals surface area contributed by atoms with Crippen LogP contribution in [0.5, 0.6) is 5.75 Å². The molecule has 0 atom stereocenters. The van der Waals surface area contributed by atoms with Gasteiger partial charge in [-0.25, -0.2) is 4.98 Å². The van der Waals surface area contributed by atoms with Crippen molar-refractivity contribution in [2.75, 3.05) is 7.11 Å². The highest BCUT2D eigenvalue weighted by atomic mass is 16.5. The highest BCUT2D eigenvalue weighted by Crippen LogP contribution is 2.26. The summed E-state index contributed by atoms with van der Waals surface area (Å²) in [5.74, 6) is 1.66. The number of fused-ring (bicyclic) bond motifs is 1. The molecular formula is C14H12N2O. The third-order valence-corrected chi connectivity index (χ3v) is 2.74.